The summed E-state index contributed by atoms with van der Waals surface area (Å²) in [5.41, 5.74) is 3.15. The monoisotopic (exact) mass is 623 g/mol. The van der Waals surface area contributed by atoms with Crippen LogP contribution in [0.2, 0.25) is 0 Å². The molecular formula is C33H33N7O4S. The fraction of sp³-hybridized carbons (Fsp3) is 0.242. The van der Waals surface area contributed by atoms with Crippen LogP contribution < -0.4 is 25.2 Å². The molecule has 1 saturated heterocycles. The number of ether oxygens (including phenoxy) is 1. The van der Waals surface area contributed by atoms with E-state index in [1.807, 2.05) is 37.3 Å². The van der Waals surface area contributed by atoms with Gasteiger partial charge in [-0.25, -0.2) is 13.4 Å². The van der Waals surface area contributed by atoms with Crippen molar-refractivity contribution in [1.29, 1.82) is 0 Å². The predicted octanol–water partition coefficient (Wildman–Crippen LogP) is 4.42. The second-order valence-corrected chi connectivity index (χ2v) is 13.1. The smallest absolute Gasteiger partial charge is 0.296 e. The predicted molar refractivity (Wildman–Crippen MR) is 174 cm³/mol. The van der Waals surface area contributed by atoms with Gasteiger partial charge in [0, 0.05) is 55.6 Å². The Bertz CT molecular complexity index is 2060. The molecule has 2 N–H and O–H groups in total. The van der Waals surface area contributed by atoms with Crippen LogP contribution in [-0.2, 0) is 16.4 Å². The Morgan fingerprint density at radius 2 is 1.67 bits per heavy atom. The molecule has 11 nitrogen and oxygen atoms in total. The summed E-state index contributed by atoms with van der Waals surface area (Å²) in [5.74, 6) is 0.836. The number of nitrogens with zero attached hydrogens (tertiary/aromatic N) is 5. The summed E-state index contributed by atoms with van der Waals surface area (Å²) in [5, 5.41) is 3.76. The van der Waals surface area contributed by atoms with Crippen molar-refractivity contribution >= 4 is 38.4 Å². The van der Waals surface area contributed by atoms with Crippen LogP contribution in [0, 0.1) is 6.92 Å². The molecular weight excluding hydrogens is 590 g/mol. The number of para-hydroxylation sites is 1. The van der Waals surface area contributed by atoms with Gasteiger partial charge in [0.1, 0.15) is 17.6 Å². The number of pyridine rings is 1. The van der Waals surface area contributed by atoms with E-state index in [0.717, 1.165) is 43.1 Å². The number of aromatic nitrogens is 3. The van der Waals surface area contributed by atoms with Crippen molar-refractivity contribution in [3.63, 3.8) is 0 Å². The van der Waals surface area contributed by atoms with Gasteiger partial charge in [-0.1, -0.05) is 36.4 Å². The first-order valence-corrected chi connectivity index (χ1v) is 16.3. The summed E-state index contributed by atoms with van der Waals surface area (Å²) in [6, 6.07) is 23.8. The van der Waals surface area contributed by atoms with E-state index in [9.17, 15) is 13.2 Å². The Labute approximate surface area is 261 Å². The summed E-state index contributed by atoms with van der Waals surface area (Å²) in [7, 11) is -1.76. The third kappa shape index (κ3) is 5.75. The van der Waals surface area contributed by atoms with Crippen LogP contribution >= 0.6 is 0 Å². The molecule has 12 heteroatoms. The molecule has 0 aliphatic carbocycles. The van der Waals surface area contributed by atoms with E-state index in [-0.39, 0.29) is 28.7 Å². The molecule has 0 spiro atoms. The number of likely N-dealkylation sites (N-methyl/N-ethyl adjacent to an activating group) is 1. The molecule has 0 saturated carbocycles. The standard InChI is InChI=1S/C33H33N7O4S/c1-22-7-3-5-9-27(22)44-28-19-24-21-34-33(35-25-11-13-26(14-12-25)39-17-15-38(2)16-18-39)36-31(24)40(32(28)41)30-20-23-8-4-6-10-29(23)45(42,43)37-30/h3-14,19,21,30,37H,15-18,20H2,1-2H3,(H,34,35,36). The molecule has 5 aromatic rings. The van der Waals surface area contributed by atoms with E-state index in [4.69, 9.17) is 9.72 Å². The second-order valence-electron chi connectivity index (χ2n) is 11.4. The van der Waals surface area contributed by atoms with Crippen molar-refractivity contribution in [3.05, 3.63) is 107 Å². The van der Waals surface area contributed by atoms with Crippen molar-refractivity contribution in [3.8, 4) is 11.5 Å². The Balaban J connectivity index is 1.27. The average molecular weight is 624 g/mol. The Kier molecular flexibility index (Phi) is 7.48. The van der Waals surface area contributed by atoms with Crippen molar-refractivity contribution in [2.24, 2.45) is 0 Å². The van der Waals surface area contributed by atoms with Crippen LogP contribution in [0.15, 0.2) is 94.7 Å². The quantitative estimate of drug-likeness (QED) is 0.283. The second kappa shape index (κ2) is 11.6. The van der Waals surface area contributed by atoms with Crippen LogP contribution in [0.4, 0.5) is 17.3 Å². The number of aryl methyl sites for hydroxylation is 1. The fourth-order valence-corrected chi connectivity index (χ4v) is 7.26. The third-order valence-corrected chi connectivity index (χ3v) is 9.88. The van der Waals surface area contributed by atoms with E-state index >= 15 is 0 Å². The number of fused-ring (bicyclic) bond motifs is 2. The fourth-order valence-electron chi connectivity index (χ4n) is 5.83. The summed E-state index contributed by atoms with van der Waals surface area (Å²) in [4.78, 5) is 28.2. The van der Waals surface area contributed by atoms with Crippen LogP contribution in [0.1, 0.15) is 17.3 Å². The largest absolute Gasteiger partial charge is 0.451 e. The minimum absolute atomic E-state index is 0.0404. The van der Waals surface area contributed by atoms with Crippen LogP contribution in [0.5, 0.6) is 11.5 Å². The molecule has 3 aromatic carbocycles. The van der Waals surface area contributed by atoms with Crippen LogP contribution in [-0.4, -0.2) is 61.1 Å². The van der Waals surface area contributed by atoms with E-state index < -0.39 is 21.7 Å². The Hall–Kier alpha value is -4.78. The molecule has 45 heavy (non-hydrogen) atoms. The van der Waals surface area contributed by atoms with Crippen molar-refractivity contribution in [1.82, 2.24) is 24.2 Å². The first-order chi connectivity index (χ1) is 21.7. The molecule has 0 bridgehead atoms. The third-order valence-electron chi connectivity index (χ3n) is 8.32. The van der Waals surface area contributed by atoms with E-state index in [0.29, 0.717) is 16.7 Å². The van der Waals surface area contributed by atoms with E-state index in [2.05, 4.69) is 44.0 Å². The number of piperazine rings is 1. The summed E-state index contributed by atoms with van der Waals surface area (Å²) in [6.07, 6.45) is 0.916. The number of hydrogen-bond acceptors (Lipinski definition) is 9. The van der Waals surface area contributed by atoms with Crippen LogP contribution in [0.3, 0.4) is 0 Å². The summed E-state index contributed by atoms with van der Waals surface area (Å²) in [6.45, 7) is 5.87. The molecule has 0 amide bonds. The van der Waals surface area contributed by atoms with E-state index in [1.54, 1.807) is 42.6 Å². The van der Waals surface area contributed by atoms with Gasteiger partial charge in [0.15, 0.2) is 5.75 Å². The normalized spacial score (nSPS) is 18.0. The molecule has 7 rings (SSSR count). The SMILES string of the molecule is Cc1ccccc1Oc1cc2cnc(Nc3ccc(N4CCN(C)CC4)cc3)nc2n(C2Cc3ccccc3S(=O)(=O)N2)c1=O. The highest BCUT2D eigenvalue weighted by atomic mass is 32.2. The van der Waals surface area contributed by atoms with Gasteiger partial charge in [-0.15, -0.1) is 0 Å². The molecule has 2 aliphatic heterocycles. The lowest BCUT2D eigenvalue weighted by Gasteiger charge is -2.34. The average Bonchev–Trinajstić information content (AvgIpc) is 3.03. The maximum Gasteiger partial charge on any atom is 0.296 e. The van der Waals surface area contributed by atoms with Crippen LogP contribution in [0.25, 0.3) is 11.0 Å². The zero-order chi connectivity index (χ0) is 31.1. The highest BCUT2D eigenvalue weighted by molar-refractivity contribution is 7.89. The number of nitrogens with one attached hydrogen (secondary N) is 2. The molecule has 2 aromatic heterocycles. The van der Waals surface area contributed by atoms with Crippen molar-refractivity contribution < 1.29 is 13.2 Å². The number of hydrogen-bond donors (Lipinski definition) is 2. The zero-order valence-corrected chi connectivity index (χ0v) is 25.8. The van der Waals surface area contributed by atoms with Gasteiger partial charge >= 0.3 is 0 Å². The zero-order valence-electron chi connectivity index (χ0n) is 25.0. The molecule has 4 heterocycles. The highest BCUT2D eigenvalue weighted by Gasteiger charge is 2.32. The Morgan fingerprint density at radius 1 is 0.933 bits per heavy atom. The molecule has 0 radical (unpaired) electrons. The first-order valence-electron chi connectivity index (χ1n) is 14.8. The first kappa shape index (κ1) is 29.0. The number of anilines is 3. The maximum atomic E-state index is 14.1. The minimum atomic E-state index is -3.89. The number of sulfonamides is 1. The van der Waals surface area contributed by atoms with Gasteiger partial charge in [0.05, 0.1) is 4.90 Å². The topological polar surface area (TPSA) is 122 Å². The molecule has 2 aliphatic rings. The lowest BCUT2D eigenvalue weighted by atomic mass is 10.1. The maximum absolute atomic E-state index is 14.1. The number of rotatable bonds is 6. The van der Waals surface area contributed by atoms with Gasteiger partial charge in [-0.05, 0) is 67.6 Å². The van der Waals surface area contributed by atoms with Crippen molar-refractivity contribution in [2.45, 2.75) is 24.4 Å². The van der Waals surface area contributed by atoms with Gasteiger partial charge in [0.25, 0.3) is 5.56 Å². The lowest BCUT2D eigenvalue weighted by Crippen LogP contribution is -2.44. The minimum Gasteiger partial charge on any atom is -0.451 e. The molecule has 1 unspecified atom stereocenters. The molecule has 1 atom stereocenters. The highest BCUT2D eigenvalue weighted by Crippen LogP contribution is 2.31. The summed E-state index contributed by atoms with van der Waals surface area (Å²) >= 11 is 0. The van der Waals surface area contributed by atoms with Gasteiger partial charge < -0.3 is 19.9 Å². The Morgan fingerprint density at radius 3 is 2.44 bits per heavy atom. The van der Waals surface area contributed by atoms with Crippen molar-refractivity contribution in [2.75, 3.05) is 43.4 Å². The summed E-state index contributed by atoms with van der Waals surface area (Å²) < 4.78 is 36.7. The van der Waals surface area contributed by atoms with E-state index in [1.165, 1.54) is 4.57 Å². The van der Waals surface area contributed by atoms with Gasteiger partial charge in [-0.2, -0.15) is 9.71 Å². The number of benzene rings is 3. The molecule has 230 valence electrons. The lowest BCUT2D eigenvalue weighted by molar-refractivity contribution is 0.313. The van der Waals surface area contributed by atoms with Gasteiger partial charge in [0.2, 0.25) is 16.0 Å². The molecule has 1 fully saturated rings. The van der Waals surface area contributed by atoms with Gasteiger partial charge in [-0.3, -0.25) is 9.36 Å².